The predicted octanol–water partition coefficient (Wildman–Crippen LogP) is 2.85. The van der Waals surface area contributed by atoms with E-state index in [0.717, 1.165) is 13.0 Å². The van der Waals surface area contributed by atoms with Crippen molar-refractivity contribution >= 4 is 22.6 Å². The molecule has 0 saturated carbocycles. The molecular formula is C9H15IN2. The highest BCUT2D eigenvalue weighted by Crippen LogP contribution is 2.10. The molecule has 1 heterocycles. The fraction of sp³-hybridized carbons (Fsp3) is 0.667. The smallest absolute Gasteiger partial charge is 0.0755 e. The fourth-order valence-corrected chi connectivity index (χ4v) is 1.92. The summed E-state index contributed by atoms with van der Waals surface area (Å²) in [5, 5.41) is 4.47. The molecule has 0 aromatic carbocycles. The van der Waals surface area contributed by atoms with Crippen LogP contribution in [0.1, 0.15) is 32.4 Å². The molecule has 0 radical (unpaired) electrons. The van der Waals surface area contributed by atoms with Gasteiger partial charge in [0.25, 0.3) is 0 Å². The van der Waals surface area contributed by atoms with Crippen LogP contribution in [0.3, 0.4) is 0 Å². The van der Waals surface area contributed by atoms with Crippen LogP contribution >= 0.6 is 22.6 Å². The number of aryl methyl sites for hydroxylation is 2. The SMILES string of the molecule is CCCCn1cc(I)c(CC)n1. The second kappa shape index (κ2) is 4.84. The molecular weight excluding hydrogens is 263 g/mol. The van der Waals surface area contributed by atoms with Crippen LogP contribution in [-0.2, 0) is 13.0 Å². The molecule has 0 aliphatic rings. The average molecular weight is 278 g/mol. The van der Waals surface area contributed by atoms with Crippen LogP contribution in [0.5, 0.6) is 0 Å². The maximum Gasteiger partial charge on any atom is 0.0755 e. The number of nitrogens with zero attached hydrogens (tertiary/aromatic N) is 2. The Bertz CT molecular complexity index is 243. The van der Waals surface area contributed by atoms with Gasteiger partial charge in [0.05, 0.1) is 9.26 Å². The molecule has 68 valence electrons. The average Bonchev–Trinajstić information content (AvgIpc) is 2.43. The summed E-state index contributed by atoms with van der Waals surface area (Å²) in [5.74, 6) is 0. The summed E-state index contributed by atoms with van der Waals surface area (Å²) < 4.78 is 3.36. The number of aromatic nitrogens is 2. The quantitative estimate of drug-likeness (QED) is 0.774. The van der Waals surface area contributed by atoms with E-state index in [1.165, 1.54) is 22.1 Å². The van der Waals surface area contributed by atoms with E-state index in [2.05, 4.69) is 52.4 Å². The van der Waals surface area contributed by atoms with Gasteiger partial charge >= 0.3 is 0 Å². The Kier molecular flexibility index (Phi) is 4.05. The van der Waals surface area contributed by atoms with Gasteiger partial charge in [-0.2, -0.15) is 5.10 Å². The van der Waals surface area contributed by atoms with E-state index in [1.807, 2.05) is 0 Å². The van der Waals surface area contributed by atoms with Gasteiger partial charge in [0.15, 0.2) is 0 Å². The van der Waals surface area contributed by atoms with Crippen LogP contribution < -0.4 is 0 Å². The summed E-state index contributed by atoms with van der Waals surface area (Å²) in [4.78, 5) is 0. The first kappa shape index (κ1) is 10.0. The largest absolute Gasteiger partial charge is 0.271 e. The minimum atomic E-state index is 1.04. The summed E-state index contributed by atoms with van der Waals surface area (Å²) in [6.45, 7) is 5.41. The van der Waals surface area contributed by atoms with E-state index in [-0.39, 0.29) is 0 Å². The minimum absolute atomic E-state index is 1.04. The molecule has 1 rings (SSSR count). The van der Waals surface area contributed by atoms with Crippen molar-refractivity contribution in [1.29, 1.82) is 0 Å². The van der Waals surface area contributed by atoms with Crippen molar-refractivity contribution in [3.63, 3.8) is 0 Å². The van der Waals surface area contributed by atoms with Gasteiger partial charge in [-0.1, -0.05) is 20.3 Å². The molecule has 0 aliphatic carbocycles. The fourth-order valence-electron chi connectivity index (χ4n) is 1.11. The minimum Gasteiger partial charge on any atom is -0.271 e. The Morgan fingerprint density at radius 2 is 2.25 bits per heavy atom. The maximum atomic E-state index is 4.47. The number of hydrogen-bond donors (Lipinski definition) is 0. The third-order valence-corrected chi connectivity index (χ3v) is 2.76. The van der Waals surface area contributed by atoms with E-state index < -0.39 is 0 Å². The summed E-state index contributed by atoms with van der Waals surface area (Å²) in [6.07, 6.45) is 5.63. The molecule has 0 amide bonds. The summed E-state index contributed by atoms with van der Waals surface area (Å²) in [6, 6.07) is 0. The lowest BCUT2D eigenvalue weighted by molar-refractivity contribution is 0.566. The van der Waals surface area contributed by atoms with E-state index >= 15 is 0 Å². The van der Waals surface area contributed by atoms with Crippen LogP contribution in [0.2, 0.25) is 0 Å². The zero-order chi connectivity index (χ0) is 8.97. The first-order chi connectivity index (χ1) is 5.77. The van der Waals surface area contributed by atoms with Crippen molar-refractivity contribution < 1.29 is 0 Å². The van der Waals surface area contributed by atoms with Crippen molar-refractivity contribution in [2.75, 3.05) is 0 Å². The molecule has 1 aromatic rings. The van der Waals surface area contributed by atoms with Crippen LogP contribution in [-0.4, -0.2) is 9.78 Å². The maximum absolute atomic E-state index is 4.47. The molecule has 0 aliphatic heterocycles. The highest BCUT2D eigenvalue weighted by Gasteiger charge is 2.02. The van der Waals surface area contributed by atoms with Gasteiger partial charge in [-0.15, -0.1) is 0 Å². The van der Waals surface area contributed by atoms with E-state index in [1.54, 1.807) is 0 Å². The number of unbranched alkanes of at least 4 members (excludes halogenated alkanes) is 1. The molecule has 1 aromatic heterocycles. The van der Waals surface area contributed by atoms with Crippen LogP contribution in [0, 0.1) is 3.57 Å². The number of rotatable bonds is 4. The molecule has 2 nitrogen and oxygen atoms in total. The number of halogens is 1. The molecule has 0 bridgehead atoms. The highest BCUT2D eigenvalue weighted by molar-refractivity contribution is 14.1. The first-order valence-corrected chi connectivity index (χ1v) is 5.57. The monoisotopic (exact) mass is 278 g/mol. The molecule has 12 heavy (non-hydrogen) atoms. The summed E-state index contributed by atoms with van der Waals surface area (Å²) in [7, 11) is 0. The van der Waals surface area contributed by atoms with Gasteiger partial charge in [0.2, 0.25) is 0 Å². The van der Waals surface area contributed by atoms with Gasteiger partial charge in [-0.25, -0.2) is 0 Å². The Morgan fingerprint density at radius 3 is 2.75 bits per heavy atom. The lowest BCUT2D eigenvalue weighted by Crippen LogP contribution is -1.98. The van der Waals surface area contributed by atoms with Crippen molar-refractivity contribution in [1.82, 2.24) is 9.78 Å². The molecule has 0 saturated heterocycles. The third kappa shape index (κ3) is 2.47. The Labute approximate surface area is 87.5 Å². The lowest BCUT2D eigenvalue weighted by atomic mass is 10.3. The van der Waals surface area contributed by atoms with Gasteiger partial charge in [0, 0.05) is 12.7 Å². The molecule has 0 N–H and O–H groups in total. The second-order valence-electron chi connectivity index (χ2n) is 2.89. The van der Waals surface area contributed by atoms with Crippen LogP contribution in [0.15, 0.2) is 6.20 Å². The second-order valence-corrected chi connectivity index (χ2v) is 4.06. The van der Waals surface area contributed by atoms with Gasteiger partial charge in [-0.05, 0) is 35.4 Å². The molecule has 0 atom stereocenters. The van der Waals surface area contributed by atoms with Gasteiger partial charge in [-0.3, -0.25) is 4.68 Å². The van der Waals surface area contributed by atoms with Crippen molar-refractivity contribution in [2.45, 2.75) is 39.7 Å². The normalized spacial score (nSPS) is 10.6. The highest BCUT2D eigenvalue weighted by atomic mass is 127. The van der Waals surface area contributed by atoms with Crippen LogP contribution in [0.25, 0.3) is 0 Å². The van der Waals surface area contributed by atoms with Crippen molar-refractivity contribution in [3.8, 4) is 0 Å². The van der Waals surface area contributed by atoms with Crippen molar-refractivity contribution in [2.24, 2.45) is 0 Å². The Hall–Kier alpha value is -0.0600. The summed E-state index contributed by atoms with van der Waals surface area (Å²) >= 11 is 2.35. The lowest BCUT2D eigenvalue weighted by Gasteiger charge is -1.97. The zero-order valence-electron chi connectivity index (χ0n) is 7.68. The topological polar surface area (TPSA) is 17.8 Å². The van der Waals surface area contributed by atoms with Gasteiger partial charge < -0.3 is 0 Å². The summed E-state index contributed by atoms with van der Waals surface area (Å²) in [5.41, 5.74) is 1.23. The third-order valence-electron chi connectivity index (χ3n) is 1.86. The van der Waals surface area contributed by atoms with E-state index in [4.69, 9.17) is 0 Å². The Balaban J connectivity index is 2.62. The zero-order valence-corrected chi connectivity index (χ0v) is 9.84. The van der Waals surface area contributed by atoms with E-state index in [9.17, 15) is 0 Å². The predicted molar refractivity (Wildman–Crippen MR) is 59.2 cm³/mol. The molecule has 0 unspecified atom stereocenters. The van der Waals surface area contributed by atoms with Crippen molar-refractivity contribution in [3.05, 3.63) is 15.5 Å². The molecule has 0 fully saturated rings. The standard InChI is InChI=1S/C9H15IN2/c1-3-5-6-12-7-8(10)9(4-2)11-12/h7H,3-6H2,1-2H3. The molecule has 0 spiro atoms. The number of hydrogen-bond acceptors (Lipinski definition) is 1. The first-order valence-electron chi connectivity index (χ1n) is 4.49. The van der Waals surface area contributed by atoms with Gasteiger partial charge in [0.1, 0.15) is 0 Å². The van der Waals surface area contributed by atoms with E-state index in [0.29, 0.717) is 0 Å². The Morgan fingerprint density at radius 1 is 1.50 bits per heavy atom. The molecule has 3 heteroatoms. The van der Waals surface area contributed by atoms with Crippen LogP contribution in [0.4, 0.5) is 0 Å².